The molecule has 1 saturated heterocycles. The molecule has 0 N–H and O–H groups in total. The van der Waals surface area contributed by atoms with Gasteiger partial charge in [0, 0.05) is 6.20 Å². The van der Waals surface area contributed by atoms with Crippen LogP contribution in [0.25, 0.3) is 0 Å². The molecular weight excluding hydrogens is 306 g/mol. The van der Waals surface area contributed by atoms with E-state index >= 15 is 0 Å². The largest absolute Gasteiger partial charge is 0.449 e. The fraction of sp³-hybridized carbons (Fsp3) is 0.368. The number of aryl methyl sites for hydroxylation is 1. The molecule has 126 valence electrons. The van der Waals surface area contributed by atoms with E-state index in [1.54, 1.807) is 18.3 Å². The van der Waals surface area contributed by atoms with E-state index in [1.807, 2.05) is 51.1 Å². The van der Waals surface area contributed by atoms with Crippen molar-refractivity contribution in [1.82, 2.24) is 4.98 Å². The molecule has 24 heavy (non-hydrogen) atoms. The summed E-state index contributed by atoms with van der Waals surface area (Å²) in [6.45, 7) is 5.99. The van der Waals surface area contributed by atoms with Gasteiger partial charge in [-0.05, 0) is 45.0 Å². The van der Waals surface area contributed by atoms with Crippen LogP contribution in [-0.4, -0.2) is 29.5 Å². The first kappa shape index (κ1) is 16.6. The Kier molecular flexibility index (Phi) is 4.64. The Labute approximate surface area is 141 Å². The van der Waals surface area contributed by atoms with E-state index in [4.69, 9.17) is 14.2 Å². The number of esters is 1. The molecule has 0 saturated carbocycles. The van der Waals surface area contributed by atoms with Gasteiger partial charge in [-0.2, -0.15) is 0 Å². The average Bonchev–Trinajstić information content (AvgIpc) is 2.93. The van der Waals surface area contributed by atoms with Gasteiger partial charge in [-0.3, -0.25) is 4.98 Å². The van der Waals surface area contributed by atoms with Crippen molar-refractivity contribution in [2.75, 3.05) is 6.61 Å². The first-order valence-corrected chi connectivity index (χ1v) is 7.95. The zero-order valence-electron chi connectivity index (χ0n) is 14.1. The van der Waals surface area contributed by atoms with Gasteiger partial charge in [0.25, 0.3) is 0 Å². The van der Waals surface area contributed by atoms with E-state index < -0.39 is 24.0 Å². The van der Waals surface area contributed by atoms with Crippen LogP contribution in [0.2, 0.25) is 0 Å². The van der Waals surface area contributed by atoms with Gasteiger partial charge in [-0.1, -0.05) is 23.8 Å². The number of benzene rings is 1. The second-order valence-electron chi connectivity index (χ2n) is 6.31. The smallest absolute Gasteiger partial charge is 0.338 e. The van der Waals surface area contributed by atoms with Gasteiger partial charge in [-0.15, -0.1) is 0 Å². The summed E-state index contributed by atoms with van der Waals surface area (Å²) >= 11 is 0. The number of carbonyl (C=O) groups is 1. The molecule has 1 aliphatic heterocycles. The Morgan fingerprint density at radius 1 is 1.25 bits per heavy atom. The summed E-state index contributed by atoms with van der Waals surface area (Å²) < 4.78 is 17.2. The van der Waals surface area contributed by atoms with Crippen LogP contribution in [0.1, 0.15) is 41.6 Å². The molecule has 0 bridgehead atoms. The Morgan fingerprint density at radius 3 is 2.58 bits per heavy atom. The van der Waals surface area contributed by atoms with Gasteiger partial charge in [0.1, 0.15) is 6.10 Å². The zero-order valence-corrected chi connectivity index (χ0v) is 14.1. The number of aromatic nitrogens is 1. The minimum Gasteiger partial charge on any atom is -0.449 e. The van der Waals surface area contributed by atoms with Crippen molar-refractivity contribution in [3.63, 3.8) is 0 Å². The van der Waals surface area contributed by atoms with Crippen LogP contribution in [-0.2, 0) is 14.2 Å². The molecule has 1 fully saturated rings. The van der Waals surface area contributed by atoms with Crippen molar-refractivity contribution < 1.29 is 19.0 Å². The summed E-state index contributed by atoms with van der Waals surface area (Å²) in [6, 6.07) is 12.8. The molecule has 1 aliphatic rings. The molecule has 1 aromatic heterocycles. The SMILES string of the molecule is Cc1ccc(C(=O)O[C@H](c2ccccn2)[C@H]2COC(C)(C)O2)cc1. The molecule has 3 rings (SSSR count). The number of hydrogen-bond acceptors (Lipinski definition) is 5. The van der Waals surface area contributed by atoms with Gasteiger partial charge in [0.15, 0.2) is 11.9 Å². The van der Waals surface area contributed by atoms with E-state index in [1.165, 1.54) is 0 Å². The van der Waals surface area contributed by atoms with Gasteiger partial charge in [-0.25, -0.2) is 4.79 Å². The molecule has 2 aromatic rings. The summed E-state index contributed by atoms with van der Waals surface area (Å²) in [5.74, 6) is -1.10. The van der Waals surface area contributed by atoms with Crippen molar-refractivity contribution in [2.45, 2.75) is 38.8 Å². The monoisotopic (exact) mass is 327 g/mol. The van der Waals surface area contributed by atoms with E-state index in [9.17, 15) is 4.79 Å². The molecule has 0 radical (unpaired) electrons. The first-order chi connectivity index (χ1) is 11.4. The lowest BCUT2D eigenvalue weighted by Crippen LogP contribution is -2.29. The van der Waals surface area contributed by atoms with Crippen LogP contribution < -0.4 is 0 Å². The van der Waals surface area contributed by atoms with Gasteiger partial charge < -0.3 is 14.2 Å². The number of carbonyl (C=O) groups excluding carboxylic acids is 1. The molecular formula is C19H21NO4. The first-order valence-electron chi connectivity index (χ1n) is 7.95. The fourth-order valence-corrected chi connectivity index (χ4v) is 2.61. The van der Waals surface area contributed by atoms with E-state index in [2.05, 4.69) is 4.98 Å². The molecule has 2 atom stereocenters. The maximum absolute atomic E-state index is 12.5. The standard InChI is InChI=1S/C19H21NO4/c1-13-7-9-14(10-8-13)18(21)23-17(15-6-4-5-11-20-15)16-12-22-19(2,3)24-16/h4-11,16-17H,12H2,1-3H3/t16-,17-/m1/s1. The normalized spacial score (nSPS) is 20.5. The number of nitrogens with zero attached hydrogens (tertiary/aromatic N) is 1. The van der Waals surface area contributed by atoms with Crippen LogP contribution >= 0.6 is 0 Å². The second-order valence-corrected chi connectivity index (χ2v) is 6.31. The molecule has 0 unspecified atom stereocenters. The Bertz CT molecular complexity index is 697. The summed E-state index contributed by atoms with van der Waals surface area (Å²) in [5.41, 5.74) is 2.23. The van der Waals surface area contributed by atoms with Crippen molar-refractivity contribution >= 4 is 5.97 Å². The number of ether oxygens (including phenoxy) is 3. The Morgan fingerprint density at radius 2 is 2.00 bits per heavy atom. The Balaban J connectivity index is 1.82. The lowest BCUT2D eigenvalue weighted by atomic mass is 10.1. The van der Waals surface area contributed by atoms with Crippen LogP contribution in [0.15, 0.2) is 48.7 Å². The van der Waals surface area contributed by atoms with Crippen LogP contribution in [0.4, 0.5) is 0 Å². The Hall–Kier alpha value is -2.24. The van der Waals surface area contributed by atoms with Crippen molar-refractivity contribution in [3.8, 4) is 0 Å². The van der Waals surface area contributed by atoms with Gasteiger partial charge in [0.2, 0.25) is 0 Å². The predicted molar refractivity (Wildman–Crippen MR) is 88.5 cm³/mol. The number of rotatable bonds is 4. The lowest BCUT2D eigenvalue weighted by molar-refractivity contribution is -0.152. The third kappa shape index (κ3) is 3.80. The van der Waals surface area contributed by atoms with Crippen molar-refractivity contribution in [2.24, 2.45) is 0 Å². The fourth-order valence-electron chi connectivity index (χ4n) is 2.61. The van der Waals surface area contributed by atoms with Crippen LogP contribution in [0.3, 0.4) is 0 Å². The molecule has 0 aliphatic carbocycles. The summed E-state index contributed by atoms with van der Waals surface area (Å²) in [7, 11) is 0. The zero-order chi connectivity index (χ0) is 17.2. The van der Waals surface area contributed by atoms with Gasteiger partial charge in [0.05, 0.1) is 17.9 Å². The highest BCUT2D eigenvalue weighted by molar-refractivity contribution is 5.89. The lowest BCUT2D eigenvalue weighted by Gasteiger charge is -2.24. The van der Waals surface area contributed by atoms with E-state index in [-0.39, 0.29) is 0 Å². The summed E-state index contributed by atoms with van der Waals surface area (Å²) in [5, 5.41) is 0. The summed E-state index contributed by atoms with van der Waals surface area (Å²) in [6.07, 6.45) is 0.647. The highest BCUT2D eigenvalue weighted by atomic mass is 16.8. The molecule has 5 heteroatoms. The molecule has 1 aromatic carbocycles. The van der Waals surface area contributed by atoms with E-state index in [0.29, 0.717) is 17.9 Å². The molecule has 2 heterocycles. The quantitative estimate of drug-likeness (QED) is 0.805. The highest BCUT2D eigenvalue weighted by Crippen LogP contribution is 2.32. The number of hydrogen-bond donors (Lipinski definition) is 0. The van der Waals surface area contributed by atoms with Gasteiger partial charge >= 0.3 is 5.97 Å². The molecule has 0 spiro atoms. The number of pyridine rings is 1. The minimum atomic E-state index is -0.700. The maximum atomic E-state index is 12.5. The topological polar surface area (TPSA) is 57.7 Å². The predicted octanol–water partition coefficient (Wildman–Crippen LogP) is 3.44. The second kappa shape index (κ2) is 6.71. The average molecular weight is 327 g/mol. The maximum Gasteiger partial charge on any atom is 0.338 e. The molecule has 0 amide bonds. The van der Waals surface area contributed by atoms with Crippen LogP contribution in [0.5, 0.6) is 0 Å². The van der Waals surface area contributed by atoms with Crippen molar-refractivity contribution in [1.29, 1.82) is 0 Å². The highest BCUT2D eigenvalue weighted by Gasteiger charge is 2.40. The third-order valence-electron chi connectivity index (χ3n) is 3.87. The van der Waals surface area contributed by atoms with E-state index in [0.717, 1.165) is 5.56 Å². The van der Waals surface area contributed by atoms with Crippen molar-refractivity contribution in [3.05, 3.63) is 65.5 Å². The molecule has 5 nitrogen and oxygen atoms in total. The van der Waals surface area contributed by atoms with Crippen LogP contribution in [0, 0.1) is 6.92 Å². The minimum absolute atomic E-state index is 0.343. The summed E-state index contributed by atoms with van der Waals surface area (Å²) in [4.78, 5) is 16.8. The third-order valence-corrected chi connectivity index (χ3v) is 3.87.